The van der Waals surface area contributed by atoms with Crippen molar-refractivity contribution in [2.24, 2.45) is 5.92 Å². The summed E-state index contributed by atoms with van der Waals surface area (Å²) in [5.74, 6) is 0.249. The van der Waals surface area contributed by atoms with Gasteiger partial charge in [-0.15, -0.1) is 24.8 Å². The lowest BCUT2D eigenvalue weighted by Gasteiger charge is -2.31. The van der Waals surface area contributed by atoms with Crippen LogP contribution in [0.15, 0.2) is 24.3 Å². The summed E-state index contributed by atoms with van der Waals surface area (Å²) in [4.78, 5) is 14.0. The molecule has 0 bridgehead atoms. The summed E-state index contributed by atoms with van der Waals surface area (Å²) in [5, 5.41) is 0. The van der Waals surface area contributed by atoms with Gasteiger partial charge in [0.15, 0.2) is 0 Å². The van der Waals surface area contributed by atoms with Gasteiger partial charge in [-0.2, -0.15) is 0 Å². The molecule has 0 spiro atoms. The van der Waals surface area contributed by atoms with Crippen LogP contribution in [0.25, 0.3) is 0 Å². The number of likely N-dealkylation sites (tertiary alicyclic amines) is 1. The summed E-state index contributed by atoms with van der Waals surface area (Å²) in [5.41, 5.74) is 0.347. The lowest BCUT2D eigenvalue weighted by atomic mass is 9.99. The van der Waals surface area contributed by atoms with Crippen molar-refractivity contribution in [2.75, 3.05) is 19.0 Å². The molecule has 1 unspecified atom stereocenters. The number of hydrogen-bond donors (Lipinski definition) is 0. The molecule has 1 aliphatic heterocycles. The third-order valence-corrected chi connectivity index (χ3v) is 3.80. The van der Waals surface area contributed by atoms with E-state index in [1.807, 2.05) is 0 Å². The largest absolute Gasteiger partial charge is 0.573 e. The van der Waals surface area contributed by atoms with Crippen molar-refractivity contribution in [3.63, 3.8) is 0 Å². The van der Waals surface area contributed by atoms with Crippen molar-refractivity contribution in [2.45, 2.75) is 19.2 Å². The molecule has 116 valence electrons. The maximum atomic E-state index is 12.3. The second kappa shape index (κ2) is 6.56. The van der Waals surface area contributed by atoms with Crippen LogP contribution in [0.4, 0.5) is 13.2 Å². The predicted molar refractivity (Wildman–Crippen MR) is 72.5 cm³/mol. The summed E-state index contributed by atoms with van der Waals surface area (Å²) >= 11 is 5.82. The van der Waals surface area contributed by atoms with Crippen LogP contribution in [-0.2, 0) is 0 Å². The highest BCUT2D eigenvalue weighted by atomic mass is 35.5. The van der Waals surface area contributed by atoms with Gasteiger partial charge in [-0.25, -0.2) is 0 Å². The van der Waals surface area contributed by atoms with Crippen molar-refractivity contribution in [3.8, 4) is 5.75 Å². The van der Waals surface area contributed by atoms with Crippen molar-refractivity contribution < 1.29 is 22.7 Å². The van der Waals surface area contributed by atoms with E-state index in [9.17, 15) is 18.0 Å². The van der Waals surface area contributed by atoms with E-state index in [1.165, 1.54) is 12.1 Å². The van der Waals surface area contributed by atoms with E-state index in [2.05, 4.69) is 4.74 Å². The quantitative estimate of drug-likeness (QED) is 0.795. The van der Waals surface area contributed by atoms with Gasteiger partial charge in [0.05, 0.1) is 0 Å². The lowest BCUT2D eigenvalue weighted by molar-refractivity contribution is -0.274. The molecule has 1 saturated heterocycles. The highest BCUT2D eigenvalue weighted by molar-refractivity contribution is 6.18. The van der Waals surface area contributed by atoms with Crippen molar-refractivity contribution in [1.29, 1.82) is 0 Å². The first kappa shape index (κ1) is 15.9. The molecule has 3 nitrogen and oxygen atoms in total. The molecule has 2 rings (SSSR count). The molecule has 1 aliphatic rings. The summed E-state index contributed by atoms with van der Waals surface area (Å²) in [6, 6.07) is 4.97. The molecule has 7 heteroatoms. The number of piperidine rings is 1. The molecular weight excluding hydrogens is 307 g/mol. The number of halogens is 4. The second-order valence-corrected chi connectivity index (χ2v) is 5.29. The summed E-state index contributed by atoms with van der Waals surface area (Å²) in [6.45, 7) is 1.23. The summed E-state index contributed by atoms with van der Waals surface area (Å²) in [7, 11) is 0. The molecule has 1 amide bonds. The molecule has 1 fully saturated rings. The Kier molecular flexibility index (Phi) is 4.98. The van der Waals surface area contributed by atoms with E-state index in [4.69, 9.17) is 11.6 Å². The topological polar surface area (TPSA) is 29.5 Å². The first-order valence-corrected chi connectivity index (χ1v) is 7.13. The monoisotopic (exact) mass is 321 g/mol. The van der Waals surface area contributed by atoms with Crippen molar-refractivity contribution in [1.82, 2.24) is 4.90 Å². The average Bonchev–Trinajstić information content (AvgIpc) is 2.46. The number of benzene rings is 1. The third kappa shape index (κ3) is 4.52. The molecule has 1 aromatic rings. The van der Waals surface area contributed by atoms with Crippen LogP contribution in [0.1, 0.15) is 23.2 Å². The highest BCUT2D eigenvalue weighted by Crippen LogP contribution is 2.24. The van der Waals surface area contributed by atoms with Crippen LogP contribution in [0.2, 0.25) is 0 Å². The Morgan fingerprint density at radius 3 is 2.57 bits per heavy atom. The number of amides is 1. The second-order valence-electron chi connectivity index (χ2n) is 4.99. The molecule has 0 radical (unpaired) electrons. The Labute approximate surface area is 125 Å². The van der Waals surface area contributed by atoms with Crippen LogP contribution in [-0.4, -0.2) is 36.1 Å². The Hall–Kier alpha value is -1.43. The summed E-state index contributed by atoms with van der Waals surface area (Å²) in [6.07, 6.45) is -2.85. The Morgan fingerprint density at radius 2 is 2.00 bits per heavy atom. The minimum absolute atomic E-state index is 0.191. The summed E-state index contributed by atoms with van der Waals surface area (Å²) < 4.78 is 40.0. The first-order valence-electron chi connectivity index (χ1n) is 6.60. The molecule has 21 heavy (non-hydrogen) atoms. The maximum Gasteiger partial charge on any atom is 0.573 e. The molecule has 1 heterocycles. The van der Waals surface area contributed by atoms with Gasteiger partial charge >= 0.3 is 6.36 Å². The highest BCUT2D eigenvalue weighted by Gasteiger charge is 2.31. The van der Waals surface area contributed by atoms with Crippen LogP contribution < -0.4 is 4.74 Å². The SMILES string of the molecule is O=C(c1ccc(OC(F)(F)F)cc1)N1CCCC(CCl)C1. The minimum Gasteiger partial charge on any atom is -0.406 e. The van der Waals surface area contributed by atoms with Gasteiger partial charge in [0.25, 0.3) is 5.91 Å². The number of nitrogens with zero attached hydrogens (tertiary/aromatic N) is 1. The van der Waals surface area contributed by atoms with Gasteiger partial charge < -0.3 is 9.64 Å². The normalized spacial score (nSPS) is 19.4. The molecular formula is C14H15ClF3NO2. The van der Waals surface area contributed by atoms with Gasteiger partial charge in [-0.05, 0) is 43.0 Å². The molecule has 0 N–H and O–H groups in total. The van der Waals surface area contributed by atoms with Crippen molar-refractivity contribution in [3.05, 3.63) is 29.8 Å². The van der Waals surface area contributed by atoms with E-state index in [0.717, 1.165) is 25.0 Å². The Morgan fingerprint density at radius 1 is 1.33 bits per heavy atom. The van der Waals surface area contributed by atoms with E-state index in [1.54, 1.807) is 4.90 Å². The fourth-order valence-electron chi connectivity index (χ4n) is 2.36. The van der Waals surface area contributed by atoms with Gasteiger partial charge in [0, 0.05) is 24.5 Å². The number of rotatable bonds is 3. The number of hydrogen-bond acceptors (Lipinski definition) is 2. The number of alkyl halides is 4. The lowest BCUT2D eigenvalue weighted by Crippen LogP contribution is -2.40. The average molecular weight is 322 g/mol. The van der Waals surface area contributed by atoms with E-state index in [-0.39, 0.29) is 17.6 Å². The minimum atomic E-state index is -4.73. The van der Waals surface area contributed by atoms with Crippen molar-refractivity contribution >= 4 is 17.5 Å². The molecule has 0 saturated carbocycles. The van der Waals surface area contributed by atoms with Crippen LogP contribution in [0.3, 0.4) is 0 Å². The van der Waals surface area contributed by atoms with Crippen LogP contribution in [0, 0.1) is 5.92 Å². The van der Waals surface area contributed by atoms with E-state index < -0.39 is 6.36 Å². The van der Waals surface area contributed by atoms with Crippen LogP contribution >= 0.6 is 11.6 Å². The van der Waals surface area contributed by atoms with Gasteiger partial charge in [-0.1, -0.05) is 0 Å². The predicted octanol–water partition coefficient (Wildman–Crippen LogP) is 3.68. The van der Waals surface area contributed by atoms with E-state index in [0.29, 0.717) is 24.5 Å². The molecule has 0 aliphatic carbocycles. The third-order valence-electron chi connectivity index (χ3n) is 3.36. The number of ether oxygens (including phenoxy) is 1. The number of carbonyl (C=O) groups excluding carboxylic acids is 1. The van der Waals surface area contributed by atoms with Crippen LogP contribution in [0.5, 0.6) is 5.75 Å². The Bertz CT molecular complexity index is 490. The first-order chi connectivity index (χ1) is 9.89. The number of carbonyl (C=O) groups is 1. The standard InChI is InChI=1S/C14H15ClF3NO2/c15-8-10-2-1-7-19(9-10)13(20)11-3-5-12(6-4-11)21-14(16,17)18/h3-6,10H,1-2,7-9H2. The zero-order chi connectivity index (χ0) is 15.5. The van der Waals surface area contributed by atoms with Gasteiger partial charge in [0.1, 0.15) is 5.75 Å². The maximum absolute atomic E-state index is 12.3. The fraction of sp³-hybridized carbons (Fsp3) is 0.500. The molecule has 1 aromatic carbocycles. The molecule has 1 atom stereocenters. The zero-order valence-corrected chi connectivity index (χ0v) is 12.0. The zero-order valence-electron chi connectivity index (χ0n) is 11.2. The fourth-order valence-corrected chi connectivity index (χ4v) is 2.61. The van der Waals surface area contributed by atoms with E-state index >= 15 is 0 Å². The molecule has 0 aromatic heterocycles. The smallest absolute Gasteiger partial charge is 0.406 e. The Balaban J connectivity index is 2.02. The van der Waals surface area contributed by atoms with Gasteiger partial charge in [0.2, 0.25) is 0 Å². The van der Waals surface area contributed by atoms with Gasteiger partial charge in [-0.3, -0.25) is 4.79 Å².